The molecule has 0 aromatic rings. The third kappa shape index (κ3) is 5.02. The van der Waals surface area contributed by atoms with Crippen molar-refractivity contribution in [3.05, 3.63) is 0 Å². The van der Waals surface area contributed by atoms with Gasteiger partial charge in [-0.05, 0) is 33.6 Å². The summed E-state index contributed by atoms with van der Waals surface area (Å²) in [7, 11) is 0. The van der Waals surface area contributed by atoms with E-state index in [-0.39, 0.29) is 19.9 Å². The van der Waals surface area contributed by atoms with Crippen molar-refractivity contribution >= 4 is 11.9 Å². The number of unbranched alkanes of at least 4 members (excludes halogenated alkanes) is 2. The van der Waals surface area contributed by atoms with Crippen LogP contribution in [0.15, 0.2) is 0 Å². The molecule has 0 aliphatic carbocycles. The van der Waals surface area contributed by atoms with Crippen molar-refractivity contribution in [1.29, 1.82) is 0 Å². The molecule has 0 aromatic carbocycles. The van der Waals surface area contributed by atoms with Crippen molar-refractivity contribution in [2.75, 3.05) is 19.9 Å². The van der Waals surface area contributed by atoms with Crippen LogP contribution in [-0.2, 0) is 19.1 Å². The zero-order valence-electron chi connectivity index (χ0n) is 11.5. The van der Waals surface area contributed by atoms with Crippen LogP contribution >= 0.6 is 0 Å². The quantitative estimate of drug-likeness (QED) is 0.364. The maximum Gasteiger partial charge on any atom is 0.323 e. The predicted molar refractivity (Wildman–Crippen MR) is 65.8 cm³/mol. The molecule has 0 atom stereocenters. The first kappa shape index (κ1) is 16.9. The largest absolute Gasteiger partial charge is 0.465 e. The first-order valence-corrected chi connectivity index (χ1v) is 6.43. The van der Waals surface area contributed by atoms with E-state index in [1.54, 1.807) is 13.8 Å². The molecule has 0 heterocycles. The third-order valence-electron chi connectivity index (χ3n) is 2.76. The average Bonchev–Trinajstić information content (AvgIpc) is 2.35. The summed E-state index contributed by atoms with van der Waals surface area (Å²) in [6.07, 6.45) is 2.01. The molecular weight excluding hydrogens is 238 g/mol. The van der Waals surface area contributed by atoms with Gasteiger partial charge in [0.05, 0.1) is 19.9 Å². The van der Waals surface area contributed by atoms with E-state index in [1.165, 1.54) is 6.92 Å². The van der Waals surface area contributed by atoms with Crippen molar-refractivity contribution < 1.29 is 23.5 Å². The maximum absolute atomic E-state index is 12.0. The molecule has 0 unspecified atom stereocenters. The zero-order chi connectivity index (χ0) is 14.0. The van der Waals surface area contributed by atoms with Crippen molar-refractivity contribution in [3.63, 3.8) is 0 Å². The number of ether oxygens (including phenoxy) is 2. The summed E-state index contributed by atoms with van der Waals surface area (Å²) in [5.41, 5.74) is -1.28. The van der Waals surface area contributed by atoms with Gasteiger partial charge >= 0.3 is 11.9 Å². The molecule has 0 spiro atoms. The highest BCUT2D eigenvalue weighted by Gasteiger charge is 2.43. The molecule has 106 valence electrons. The topological polar surface area (TPSA) is 52.6 Å². The lowest BCUT2D eigenvalue weighted by Gasteiger charge is -2.24. The molecule has 4 nitrogen and oxygen atoms in total. The number of hydrogen-bond donors (Lipinski definition) is 0. The van der Waals surface area contributed by atoms with Crippen LogP contribution < -0.4 is 0 Å². The summed E-state index contributed by atoms with van der Waals surface area (Å²) < 4.78 is 21.8. The summed E-state index contributed by atoms with van der Waals surface area (Å²) in [5, 5.41) is 0. The minimum Gasteiger partial charge on any atom is -0.465 e. The molecule has 0 saturated carbocycles. The summed E-state index contributed by atoms with van der Waals surface area (Å²) in [6.45, 7) is 4.96. The summed E-state index contributed by atoms with van der Waals surface area (Å²) in [5.74, 6) is -1.13. The van der Waals surface area contributed by atoms with Gasteiger partial charge in [0.2, 0.25) is 0 Å². The number of halogens is 1. The van der Waals surface area contributed by atoms with Gasteiger partial charge in [0, 0.05) is 0 Å². The van der Waals surface area contributed by atoms with Crippen LogP contribution in [-0.4, -0.2) is 31.8 Å². The molecule has 0 aromatic heterocycles. The molecule has 0 amide bonds. The highest BCUT2D eigenvalue weighted by molar-refractivity contribution is 5.99. The average molecular weight is 261 g/mol. The van der Waals surface area contributed by atoms with Crippen molar-refractivity contribution in [1.82, 2.24) is 0 Å². The minimum atomic E-state index is -1.28. The molecule has 18 heavy (non-hydrogen) atoms. The zero-order valence-corrected chi connectivity index (χ0v) is 11.5. The normalized spacial score (nSPS) is 11.1. The fourth-order valence-corrected chi connectivity index (χ4v) is 1.62. The van der Waals surface area contributed by atoms with E-state index in [1.807, 2.05) is 0 Å². The van der Waals surface area contributed by atoms with Gasteiger partial charge in [0.25, 0.3) is 0 Å². The lowest BCUT2D eigenvalue weighted by atomic mass is 9.84. The van der Waals surface area contributed by atoms with Crippen LogP contribution in [0.2, 0.25) is 0 Å². The first-order chi connectivity index (χ1) is 8.52. The molecule has 0 bridgehead atoms. The Kier molecular flexibility index (Phi) is 8.33. The summed E-state index contributed by atoms with van der Waals surface area (Å²) in [6, 6.07) is 0. The lowest BCUT2D eigenvalue weighted by molar-refractivity contribution is -0.171. The Morgan fingerprint density at radius 3 is 1.89 bits per heavy atom. The number of hydrogen-bond acceptors (Lipinski definition) is 4. The van der Waals surface area contributed by atoms with Gasteiger partial charge in [0.15, 0.2) is 5.41 Å². The van der Waals surface area contributed by atoms with Crippen molar-refractivity contribution in [2.45, 2.75) is 46.5 Å². The Bertz CT molecular complexity index is 248. The summed E-state index contributed by atoms with van der Waals surface area (Å²) >= 11 is 0. The number of carbonyl (C=O) groups excluding carboxylic acids is 2. The summed E-state index contributed by atoms with van der Waals surface area (Å²) in [4.78, 5) is 23.7. The van der Waals surface area contributed by atoms with E-state index in [0.29, 0.717) is 25.7 Å². The predicted octanol–water partition coefficient (Wildman–Crippen LogP) is 2.65. The molecule has 0 radical (unpaired) electrons. The number of carbonyl (C=O) groups is 2. The maximum atomic E-state index is 12.0. The third-order valence-corrected chi connectivity index (χ3v) is 2.76. The van der Waals surface area contributed by atoms with Gasteiger partial charge < -0.3 is 9.47 Å². The van der Waals surface area contributed by atoms with Crippen LogP contribution in [0.1, 0.15) is 46.5 Å². The number of esters is 2. The van der Waals surface area contributed by atoms with Gasteiger partial charge in [-0.2, -0.15) is 0 Å². The molecule has 0 rings (SSSR count). The van der Waals surface area contributed by atoms with E-state index in [4.69, 9.17) is 9.47 Å². The van der Waals surface area contributed by atoms with Crippen LogP contribution in [0.4, 0.5) is 4.39 Å². The molecule has 0 aliphatic heterocycles. The Balaban J connectivity index is 4.58. The second-order valence-electron chi connectivity index (χ2n) is 4.27. The van der Waals surface area contributed by atoms with Gasteiger partial charge in [-0.25, -0.2) is 0 Å². The number of rotatable bonds is 9. The van der Waals surface area contributed by atoms with E-state index in [9.17, 15) is 14.0 Å². The highest BCUT2D eigenvalue weighted by Crippen LogP contribution is 2.28. The minimum absolute atomic E-state index is 0.221. The standard InChI is InChI=1S/C13H23FO4/c1-4-17-11(15)13(3,12(16)18-5-2)9-7-6-8-10-14/h4-10H2,1-3H3/i14-1. The number of alkyl halides is 1. The lowest BCUT2D eigenvalue weighted by Crippen LogP contribution is -2.39. The first-order valence-electron chi connectivity index (χ1n) is 6.43. The Hall–Kier alpha value is -1.13. The molecular formula is C13H23FO4. The van der Waals surface area contributed by atoms with Gasteiger partial charge in [-0.1, -0.05) is 12.8 Å². The van der Waals surface area contributed by atoms with Gasteiger partial charge in [-0.3, -0.25) is 14.0 Å². The van der Waals surface area contributed by atoms with E-state index in [0.717, 1.165) is 0 Å². The van der Waals surface area contributed by atoms with Crippen molar-refractivity contribution in [3.8, 4) is 0 Å². The molecule has 5 heteroatoms. The van der Waals surface area contributed by atoms with Crippen LogP contribution in [0, 0.1) is 5.41 Å². The SMILES string of the molecule is CCOC(=O)C(C)(CCCCC[18F])C(=O)OCC. The van der Waals surface area contributed by atoms with E-state index in [2.05, 4.69) is 0 Å². The van der Waals surface area contributed by atoms with Gasteiger partial charge in [0.1, 0.15) is 0 Å². The molecule has 0 saturated heterocycles. The molecule has 0 fully saturated rings. The van der Waals surface area contributed by atoms with Crippen LogP contribution in [0.25, 0.3) is 0 Å². The fourth-order valence-electron chi connectivity index (χ4n) is 1.62. The second kappa shape index (κ2) is 8.89. The van der Waals surface area contributed by atoms with E-state index >= 15 is 0 Å². The Morgan fingerprint density at radius 1 is 1.00 bits per heavy atom. The monoisotopic (exact) mass is 261 g/mol. The van der Waals surface area contributed by atoms with Crippen molar-refractivity contribution in [2.24, 2.45) is 5.41 Å². The Morgan fingerprint density at radius 2 is 1.50 bits per heavy atom. The van der Waals surface area contributed by atoms with Crippen LogP contribution in [0.3, 0.4) is 0 Å². The molecule has 0 N–H and O–H groups in total. The second-order valence-corrected chi connectivity index (χ2v) is 4.27. The smallest absolute Gasteiger partial charge is 0.323 e. The Labute approximate surface area is 108 Å². The molecule has 0 aliphatic rings. The fraction of sp³-hybridized carbons (Fsp3) is 0.846. The van der Waals surface area contributed by atoms with Crippen LogP contribution in [0.5, 0.6) is 0 Å². The van der Waals surface area contributed by atoms with Gasteiger partial charge in [-0.15, -0.1) is 0 Å². The highest BCUT2D eigenvalue weighted by atomic mass is 18.2. The van der Waals surface area contributed by atoms with E-state index < -0.39 is 17.4 Å².